The monoisotopic (exact) mass is 449 g/mol. The molecule has 8 heteroatoms. The number of aryl methyl sites for hydroxylation is 1. The largest absolute Gasteiger partial charge is 0.368 e. The van der Waals surface area contributed by atoms with Crippen molar-refractivity contribution in [3.05, 3.63) is 58.6 Å². The molecular weight excluding hydrogens is 422 g/mol. The maximum absolute atomic E-state index is 13.2. The van der Waals surface area contributed by atoms with E-state index >= 15 is 0 Å². The van der Waals surface area contributed by atoms with E-state index in [-0.39, 0.29) is 10.8 Å². The first-order chi connectivity index (χ1) is 14.3. The van der Waals surface area contributed by atoms with E-state index in [1.807, 2.05) is 31.2 Å². The molecule has 0 N–H and O–H groups in total. The van der Waals surface area contributed by atoms with Gasteiger partial charge in [0.15, 0.2) is 0 Å². The van der Waals surface area contributed by atoms with Crippen molar-refractivity contribution in [3.63, 3.8) is 0 Å². The van der Waals surface area contributed by atoms with Gasteiger partial charge in [-0.1, -0.05) is 37.6 Å². The highest BCUT2D eigenvalue weighted by molar-refractivity contribution is 7.89. The zero-order chi connectivity index (χ0) is 21.9. The summed E-state index contributed by atoms with van der Waals surface area (Å²) in [7, 11) is -3.61. The first-order valence-corrected chi connectivity index (χ1v) is 12.0. The van der Waals surface area contributed by atoms with Crippen molar-refractivity contribution in [3.8, 4) is 0 Å². The fraction of sp³-hybridized carbons (Fsp3) is 0.409. The maximum Gasteiger partial charge on any atom is 0.254 e. The number of nitrogens with zero attached hydrogens (tertiary/aromatic N) is 3. The molecule has 1 saturated heterocycles. The molecule has 1 heterocycles. The van der Waals surface area contributed by atoms with Crippen LogP contribution in [-0.2, 0) is 10.0 Å². The maximum atomic E-state index is 13.2. The van der Waals surface area contributed by atoms with Crippen molar-refractivity contribution < 1.29 is 13.2 Å². The van der Waals surface area contributed by atoms with Gasteiger partial charge in [0, 0.05) is 55.5 Å². The molecule has 0 atom stereocenters. The van der Waals surface area contributed by atoms with Gasteiger partial charge in [-0.3, -0.25) is 4.79 Å². The molecule has 0 radical (unpaired) electrons. The molecule has 2 aromatic carbocycles. The fourth-order valence-electron chi connectivity index (χ4n) is 3.72. The predicted octanol–water partition coefficient (Wildman–Crippen LogP) is 3.64. The van der Waals surface area contributed by atoms with Crippen LogP contribution in [0.3, 0.4) is 0 Å². The molecule has 1 aliphatic heterocycles. The van der Waals surface area contributed by atoms with Gasteiger partial charge < -0.3 is 9.80 Å². The van der Waals surface area contributed by atoms with Gasteiger partial charge in [-0.25, -0.2) is 8.42 Å². The van der Waals surface area contributed by atoms with Crippen molar-refractivity contribution >= 4 is 33.2 Å². The summed E-state index contributed by atoms with van der Waals surface area (Å²) < 4.78 is 27.1. The number of carbonyl (C=O) groups is 1. The molecule has 0 bridgehead atoms. The predicted molar refractivity (Wildman–Crippen MR) is 121 cm³/mol. The normalized spacial score (nSPS) is 15.0. The summed E-state index contributed by atoms with van der Waals surface area (Å²) >= 11 is 6.09. The Hall–Kier alpha value is -2.09. The molecule has 0 unspecified atom stereocenters. The lowest BCUT2D eigenvalue weighted by Gasteiger charge is -2.36. The number of amides is 1. The summed E-state index contributed by atoms with van der Waals surface area (Å²) in [5.74, 6) is -0.130. The SMILES string of the molecule is CCN(CC)S(=O)(=O)c1ccc(C)c(C(=O)N2CCN(c3cccc(Cl)c3)CC2)c1. The second-order valence-electron chi connectivity index (χ2n) is 7.33. The zero-order valence-electron chi connectivity index (χ0n) is 17.6. The summed E-state index contributed by atoms with van der Waals surface area (Å²) in [5, 5.41) is 0.688. The van der Waals surface area contributed by atoms with Gasteiger partial charge in [-0.15, -0.1) is 0 Å². The molecule has 0 spiro atoms. The van der Waals surface area contributed by atoms with Crippen molar-refractivity contribution in [1.29, 1.82) is 0 Å². The molecule has 2 aromatic rings. The average Bonchev–Trinajstić information content (AvgIpc) is 2.74. The fourth-order valence-corrected chi connectivity index (χ4v) is 5.38. The highest BCUT2D eigenvalue weighted by Gasteiger charge is 2.27. The molecule has 1 fully saturated rings. The quantitative estimate of drug-likeness (QED) is 0.675. The second-order valence-corrected chi connectivity index (χ2v) is 9.70. The Morgan fingerprint density at radius 2 is 1.70 bits per heavy atom. The van der Waals surface area contributed by atoms with Crippen LogP contribution in [0.15, 0.2) is 47.4 Å². The average molecular weight is 450 g/mol. The number of sulfonamides is 1. The molecule has 1 amide bonds. The molecule has 162 valence electrons. The van der Waals surface area contributed by atoms with Crippen LogP contribution in [0.25, 0.3) is 0 Å². The summed E-state index contributed by atoms with van der Waals surface area (Å²) in [6.07, 6.45) is 0. The Kier molecular flexibility index (Phi) is 7.06. The number of carbonyl (C=O) groups excluding carboxylic acids is 1. The number of rotatable bonds is 6. The Morgan fingerprint density at radius 1 is 1.03 bits per heavy atom. The van der Waals surface area contributed by atoms with Crippen molar-refractivity contribution in [1.82, 2.24) is 9.21 Å². The minimum atomic E-state index is -3.61. The van der Waals surface area contributed by atoms with Crippen LogP contribution in [0.2, 0.25) is 5.02 Å². The van der Waals surface area contributed by atoms with E-state index in [0.717, 1.165) is 11.3 Å². The van der Waals surface area contributed by atoms with Crippen LogP contribution in [0.4, 0.5) is 5.69 Å². The number of halogens is 1. The van der Waals surface area contributed by atoms with E-state index in [1.54, 1.807) is 30.9 Å². The van der Waals surface area contributed by atoms with E-state index in [0.29, 0.717) is 49.9 Å². The summed E-state index contributed by atoms with van der Waals surface area (Å²) in [5.41, 5.74) is 2.26. The Morgan fingerprint density at radius 3 is 2.30 bits per heavy atom. The molecule has 3 rings (SSSR count). The van der Waals surface area contributed by atoms with Gasteiger partial charge in [0.25, 0.3) is 5.91 Å². The molecular formula is C22H28ClN3O3S. The van der Waals surface area contributed by atoms with Crippen molar-refractivity contribution in [2.24, 2.45) is 0 Å². The van der Waals surface area contributed by atoms with E-state index in [1.165, 1.54) is 10.4 Å². The summed E-state index contributed by atoms with van der Waals surface area (Å²) in [6.45, 7) is 8.76. The third-order valence-corrected chi connectivity index (χ3v) is 7.80. The molecule has 6 nitrogen and oxygen atoms in total. The number of piperazine rings is 1. The van der Waals surface area contributed by atoms with Crippen LogP contribution < -0.4 is 4.90 Å². The summed E-state index contributed by atoms with van der Waals surface area (Å²) in [4.78, 5) is 17.3. The first kappa shape index (κ1) is 22.6. The third kappa shape index (κ3) is 4.63. The van der Waals surface area contributed by atoms with Gasteiger partial charge >= 0.3 is 0 Å². The van der Waals surface area contributed by atoms with Gasteiger partial charge in [0.05, 0.1) is 4.90 Å². The topological polar surface area (TPSA) is 60.9 Å². The first-order valence-electron chi connectivity index (χ1n) is 10.2. The highest BCUT2D eigenvalue weighted by Crippen LogP contribution is 2.23. The minimum Gasteiger partial charge on any atom is -0.368 e. The van der Waals surface area contributed by atoms with E-state index in [2.05, 4.69) is 4.90 Å². The van der Waals surface area contributed by atoms with Gasteiger partial charge in [-0.2, -0.15) is 4.31 Å². The molecule has 0 saturated carbocycles. The second kappa shape index (κ2) is 9.37. The highest BCUT2D eigenvalue weighted by atomic mass is 35.5. The van der Waals surface area contributed by atoms with Crippen LogP contribution >= 0.6 is 11.6 Å². The standard InChI is InChI=1S/C22H28ClN3O3S/c1-4-26(5-2)30(28,29)20-10-9-17(3)21(16-20)22(27)25-13-11-24(12-14-25)19-8-6-7-18(23)15-19/h6-10,15-16H,4-5,11-14H2,1-3H3. The van der Waals surface area contributed by atoms with Crippen LogP contribution in [0.1, 0.15) is 29.8 Å². The lowest BCUT2D eigenvalue weighted by molar-refractivity contribution is 0.0746. The van der Waals surface area contributed by atoms with Gasteiger partial charge in [0.1, 0.15) is 0 Å². The van der Waals surface area contributed by atoms with Gasteiger partial charge in [-0.05, 0) is 42.8 Å². The van der Waals surface area contributed by atoms with Crippen LogP contribution in [0, 0.1) is 6.92 Å². The Balaban J connectivity index is 1.78. The third-order valence-electron chi connectivity index (χ3n) is 5.52. The number of anilines is 1. The smallest absolute Gasteiger partial charge is 0.254 e. The van der Waals surface area contributed by atoms with Crippen LogP contribution in [0.5, 0.6) is 0 Å². The van der Waals surface area contributed by atoms with Gasteiger partial charge in [0.2, 0.25) is 10.0 Å². The minimum absolute atomic E-state index is 0.130. The number of hydrogen-bond donors (Lipinski definition) is 0. The zero-order valence-corrected chi connectivity index (χ0v) is 19.2. The van der Waals surface area contributed by atoms with E-state index in [9.17, 15) is 13.2 Å². The Labute approximate surface area is 184 Å². The molecule has 0 aliphatic carbocycles. The lowest BCUT2D eigenvalue weighted by Crippen LogP contribution is -2.49. The Bertz CT molecular complexity index is 1010. The molecule has 0 aromatic heterocycles. The van der Waals surface area contributed by atoms with Crippen molar-refractivity contribution in [2.45, 2.75) is 25.7 Å². The number of benzene rings is 2. The molecule has 30 heavy (non-hydrogen) atoms. The summed E-state index contributed by atoms with van der Waals surface area (Å²) in [6, 6.07) is 12.5. The number of hydrogen-bond acceptors (Lipinski definition) is 4. The van der Waals surface area contributed by atoms with E-state index in [4.69, 9.17) is 11.6 Å². The lowest BCUT2D eigenvalue weighted by atomic mass is 10.1. The van der Waals surface area contributed by atoms with Crippen LogP contribution in [-0.4, -0.2) is 62.8 Å². The van der Waals surface area contributed by atoms with Crippen molar-refractivity contribution in [2.75, 3.05) is 44.2 Å². The van der Waals surface area contributed by atoms with E-state index < -0.39 is 10.0 Å². The molecule has 1 aliphatic rings.